The zero-order valence-corrected chi connectivity index (χ0v) is 23.9. The van der Waals surface area contributed by atoms with E-state index in [1.807, 2.05) is 30.3 Å². The van der Waals surface area contributed by atoms with E-state index in [2.05, 4.69) is 65.1 Å². The van der Waals surface area contributed by atoms with E-state index in [1.54, 1.807) is 4.90 Å². The molecule has 2 aromatic rings. The van der Waals surface area contributed by atoms with Gasteiger partial charge in [-0.15, -0.1) is 0 Å². The summed E-state index contributed by atoms with van der Waals surface area (Å²) in [6.45, 7) is 16.6. The lowest BCUT2D eigenvalue weighted by atomic mass is 9.95. The van der Waals surface area contributed by atoms with Gasteiger partial charge in [-0.2, -0.15) is 0 Å². The Morgan fingerprint density at radius 2 is 1.75 bits per heavy atom. The van der Waals surface area contributed by atoms with Crippen LogP contribution in [-0.2, 0) is 15.8 Å². The topological polar surface area (TPSA) is 48.0 Å². The number of carbonyl (C=O) groups excluding carboxylic acids is 1. The van der Waals surface area contributed by atoms with E-state index in [0.29, 0.717) is 26.3 Å². The molecule has 0 N–H and O–H groups in total. The van der Waals surface area contributed by atoms with Crippen LogP contribution in [0.1, 0.15) is 56.7 Å². The van der Waals surface area contributed by atoms with Crippen LogP contribution in [0.4, 0.5) is 4.79 Å². The number of hydrogen-bond acceptors (Lipinski definition) is 4. The van der Waals surface area contributed by atoms with Crippen LogP contribution in [0.3, 0.4) is 0 Å². The van der Waals surface area contributed by atoms with Crippen LogP contribution >= 0.6 is 0 Å². The summed E-state index contributed by atoms with van der Waals surface area (Å²) in [6, 6.07) is 16.1. The van der Waals surface area contributed by atoms with E-state index < -0.39 is 8.32 Å². The fraction of sp³-hybridized carbons (Fsp3) is 0.500. The van der Waals surface area contributed by atoms with E-state index in [1.165, 1.54) is 16.7 Å². The van der Waals surface area contributed by atoms with Gasteiger partial charge in [-0.25, -0.2) is 4.79 Å². The second-order valence-corrected chi connectivity index (χ2v) is 15.9. The number of hydrogen-bond donors (Lipinski definition) is 0. The SMILES string of the molecule is Cc1cc(OCCCCO[Si](C)(C)C(C)(C)C)ccc1C1=CCN(C(=O)OCc2ccccc2)CC1. The van der Waals surface area contributed by atoms with E-state index in [-0.39, 0.29) is 11.1 Å². The molecule has 1 heterocycles. The third kappa shape index (κ3) is 7.97. The Labute approximate surface area is 218 Å². The fourth-order valence-corrected chi connectivity index (χ4v) is 5.00. The number of ether oxygens (including phenoxy) is 2. The average molecular weight is 510 g/mol. The maximum absolute atomic E-state index is 12.4. The predicted molar refractivity (Wildman–Crippen MR) is 150 cm³/mol. The summed E-state index contributed by atoms with van der Waals surface area (Å²) in [5, 5.41) is 0.251. The molecule has 0 aliphatic carbocycles. The summed E-state index contributed by atoms with van der Waals surface area (Å²) in [5.74, 6) is 0.907. The molecule has 0 saturated carbocycles. The fourth-order valence-electron chi connectivity index (χ4n) is 3.91. The number of rotatable bonds is 10. The van der Waals surface area contributed by atoms with Gasteiger partial charge in [-0.3, -0.25) is 0 Å². The van der Waals surface area contributed by atoms with Gasteiger partial charge in [0.15, 0.2) is 8.32 Å². The maximum Gasteiger partial charge on any atom is 0.410 e. The summed E-state index contributed by atoms with van der Waals surface area (Å²) >= 11 is 0. The molecule has 5 nitrogen and oxygen atoms in total. The minimum Gasteiger partial charge on any atom is -0.494 e. The Bertz CT molecular complexity index is 1030. The van der Waals surface area contributed by atoms with E-state index >= 15 is 0 Å². The number of amides is 1. The Morgan fingerprint density at radius 1 is 1.03 bits per heavy atom. The summed E-state index contributed by atoms with van der Waals surface area (Å²) in [7, 11) is -1.66. The van der Waals surface area contributed by atoms with Gasteiger partial charge < -0.3 is 18.8 Å². The van der Waals surface area contributed by atoms with Crippen LogP contribution in [0, 0.1) is 6.92 Å². The maximum atomic E-state index is 12.4. The molecule has 1 amide bonds. The highest BCUT2D eigenvalue weighted by molar-refractivity contribution is 6.74. The number of carbonyl (C=O) groups is 1. The first-order valence-corrected chi connectivity index (χ1v) is 16.0. The molecule has 6 heteroatoms. The molecule has 1 aliphatic heterocycles. The second-order valence-electron chi connectivity index (χ2n) is 11.1. The number of benzene rings is 2. The van der Waals surface area contributed by atoms with Crippen molar-refractivity contribution in [3.8, 4) is 5.75 Å². The summed E-state index contributed by atoms with van der Waals surface area (Å²) in [4.78, 5) is 14.2. The zero-order chi connectivity index (χ0) is 26.2. The smallest absolute Gasteiger partial charge is 0.410 e. The minimum atomic E-state index is -1.66. The molecule has 0 spiro atoms. The second kappa shape index (κ2) is 12.6. The van der Waals surface area contributed by atoms with E-state index in [9.17, 15) is 4.79 Å². The van der Waals surface area contributed by atoms with Crippen molar-refractivity contribution in [2.75, 3.05) is 26.3 Å². The monoisotopic (exact) mass is 509 g/mol. The van der Waals surface area contributed by atoms with Crippen LogP contribution in [0.25, 0.3) is 5.57 Å². The van der Waals surface area contributed by atoms with Crippen molar-refractivity contribution in [3.63, 3.8) is 0 Å². The predicted octanol–water partition coefficient (Wildman–Crippen LogP) is 7.60. The first-order valence-electron chi connectivity index (χ1n) is 13.1. The molecule has 0 bridgehead atoms. The summed E-state index contributed by atoms with van der Waals surface area (Å²) in [5.41, 5.74) is 4.69. The molecule has 1 aliphatic rings. The van der Waals surface area contributed by atoms with Crippen molar-refractivity contribution in [1.82, 2.24) is 4.90 Å². The molecule has 36 heavy (non-hydrogen) atoms. The van der Waals surface area contributed by atoms with Crippen molar-refractivity contribution < 1.29 is 18.7 Å². The first-order chi connectivity index (χ1) is 17.1. The van der Waals surface area contributed by atoms with Crippen LogP contribution in [0.15, 0.2) is 54.6 Å². The Morgan fingerprint density at radius 3 is 2.39 bits per heavy atom. The third-order valence-corrected chi connectivity index (χ3v) is 11.8. The van der Waals surface area contributed by atoms with Crippen LogP contribution < -0.4 is 4.74 Å². The first kappa shape index (κ1) is 28.0. The third-order valence-electron chi connectivity index (χ3n) is 7.29. The number of unbranched alkanes of at least 4 members (excludes halogenated alkanes) is 1. The van der Waals surface area contributed by atoms with Crippen LogP contribution in [0.5, 0.6) is 5.75 Å². The van der Waals surface area contributed by atoms with Gasteiger partial charge in [0, 0.05) is 19.7 Å². The molecule has 0 aromatic heterocycles. The normalized spacial score (nSPS) is 14.4. The summed E-state index contributed by atoms with van der Waals surface area (Å²) < 4.78 is 17.7. The average Bonchev–Trinajstić information content (AvgIpc) is 2.85. The molecule has 0 radical (unpaired) electrons. The lowest BCUT2D eigenvalue weighted by Crippen LogP contribution is -2.41. The molecular weight excluding hydrogens is 466 g/mol. The van der Waals surface area contributed by atoms with Gasteiger partial charge in [0.05, 0.1) is 6.61 Å². The highest BCUT2D eigenvalue weighted by Gasteiger charge is 2.36. The van der Waals surface area contributed by atoms with Gasteiger partial charge in [0.2, 0.25) is 0 Å². The van der Waals surface area contributed by atoms with Gasteiger partial charge in [0.25, 0.3) is 0 Å². The molecule has 2 aromatic carbocycles. The molecule has 0 unspecified atom stereocenters. The molecule has 0 saturated heterocycles. The molecule has 0 atom stereocenters. The van der Waals surface area contributed by atoms with Gasteiger partial charge >= 0.3 is 6.09 Å². The lowest BCUT2D eigenvalue weighted by molar-refractivity contribution is 0.0998. The van der Waals surface area contributed by atoms with Crippen molar-refractivity contribution >= 4 is 20.0 Å². The van der Waals surface area contributed by atoms with Gasteiger partial charge in [0.1, 0.15) is 12.4 Å². The molecule has 196 valence electrons. The van der Waals surface area contributed by atoms with Crippen molar-refractivity contribution in [3.05, 3.63) is 71.3 Å². The Hall–Kier alpha value is -2.57. The molecule has 3 rings (SSSR count). The quantitative estimate of drug-likeness (QED) is 0.244. The van der Waals surface area contributed by atoms with Gasteiger partial charge in [-0.1, -0.05) is 63.2 Å². The van der Waals surface area contributed by atoms with Crippen LogP contribution in [-0.4, -0.2) is 45.6 Å². The largest absolute Gasteiger partial charge is 0.494 e. The van der Waals surface area contributed by atoms with Crippen molar-refractivity contribution in [2.24, 2.45) is 0 Å². The van der Waals surface area contributed by atoms with E-state index in [4.69, 9.17) is 13.9 Å². The van der Waals surface area contributed by atoms with Crippen LogP contribution in [0.2, 0.25) is 18.1 Å². The van der Waals surface area contributed by atoms with Crippen molar-refractivity contribution in [1.29, 1.82) is 0 Å². The number of aryl methyl sites for hydroxylation is 1. The summed E-state index contributed by atoms with van der Waals surface area (Å²) in [6.07, 6.45) is 4.69. The standard InChI is InChI=1S/C30H43NO4Si/c1-24-22-27(33-20-10-11-21-35-36(5,6)30(2,3)4)14-15-28(24)26-16-18-31(19-17-26)29(32)34-23-25-12-8-7-9-13-25/h7-9,12-16,22H,10-11,17-21,23H2,1-6H3. The minimum absolute atomic E-state index is 0.251. The molecular formula is C30H43NO4Si. The highest BCUT2D eigenvalue weighted by Crippen LogP contribution is 2.36. The Balaban J connectivity index is 1.42. The highest BCUT2D eigenvalue weighted by atomic mass is 28.4. The molecule has 0 fully saturated rings. The van der Waals surface area contributed by atoms with Crippen molar-refractivity contribution in [2.45, 2.75) is 71.7 Å². The Kier molecular flexibility index (Phi) is 9.80. The lowest BCUT2D eigenvalue weighted by Gasteiger charge is -2.36. The zero-order valence-electron chi connectivity index (χ0n) is 22.9. The van der Waals surface area contributed by atoms with Gasteiger partial charge in [-0.05, 0) is 78.7 Å². The number of nitrogens with zero attached hydrogens (tertiary/aromatic N) is 1. The van der Waals surface area contributed by atoms with E-state index in [0.717, 1.165) is 37.2 Å².